The van der Waals surface area contributed by atoms with Gasteiger partial charge < -0.3 is 20.3 Å². The number of halogens is 1. The molecule has 1 atom stereocenters. The van der Waals surface area contributed by atoms with E-state index in [-0.39, 0.29) is 41.8 Å². The van der Waals surface area contributed by atoms with Gasteiger partial charge in [-0.1, -0.05) is 32.0 Å². The van der Waals surface area contributed by atoms with E-state index < -0.39 is 0 Å². The quantitative estimate of drug-likeness (QED) is 0.288. The second-order valence-electron chi connectivity index (χ2n) is 6.68. The third kappa shape index (κ3) is 6.66. The Morgan fingerprint density at radius 3 is 2.77 bits per heavy atom. The number of guanidine groups is 1. The molecule has 2 N–H and O–H groups in total. The van der Waals surface area contributed by atoms with Gasteiger partial charge in [-0.2, -0.15) is 0 Å². The number of hydrogen-bond donors (Lipinski definition) is 2. The van der Waals surface area contributed by atoms with Gasteiger partial charge >= 0.3 is 0 Å². The molecule has 0 spiro atoms. The van der Waals surface area contributed by atoms with Crippen molar-refractivity contribution in [3.63, 3.8) is 0 Å². The number of nitrogens with zero attached hydrogens (tertiary/aromatic N) is 2. The summed E-state index contributed by atoms with van der Waals surface area (Å²) in [6.45, 7) is 8.69. The van der Waals surface area contributed by atoms with Crippen LogP contribution >= 0.6 is 24.0 Å². The lowest BCUT2D eigenvalue weighted by atomic mass is 10.2. The monoisotopic (exact) mass is 474 g/mol. The number of aliphatic imine (C=N–C) groups is 1. The maximum atomic E-state index is 12.1. The summed E-state index contributed by atoms with van der Waals surface area (Å²) in [5.74, 6) is 1.93. The van der Waals surface area contributed by atoms with Crippen LogP contribution in [0, 0.1) is 12.8 Å². The average molecular weight is 474 g/mol. The molecule has 1 unspecified atom stereocenters. The summed E-state index contributed by atoms with van der Waals surface area (Å²) < 4.78 is 5.78. The van der Waals surface area contributed by atoms with Gasteiger partial charge in [0.2, 0.25) is 5.91 Å². The lowest BCUT2D eigenvalue weighted by molar-refractivity contribution is -0.133. The van der Waals surface area contributed by atoms with Gasteiger partial charge in [0.25, 0.3) is 0 Å². The second-order valence-corrected chi connectivity index (χ2v) is 6.68. The summed E-state index contributed by atoms with van der Waals surface area (Å²) in [6.07, 6.45) is 0.943. The molecule has 1 aromatic carbocycles. The largest absolute Gasteiger partial charge is 0.491 e. The van der Waals surface area contributed by atoms with E-state index in [1.165, 1.54) is 0 Å². The van der Waals surface area contributed by atoms with E-state index in [1.807, 2.05) is 49.9 Å². The molecule has 26 heavy (non-hydrogen) atoms. The molecule has 1 amide bonds. The number of carbonyl (C=O) groups excluding carboxylic acids is 1. The molecule has 1 aliphatic heterocycles. The molecule has 146 valence electrons. The fourth-order valence-corrected chi connectivity index (χ4v) is 2.88. The highest BCUT2D eigenvalue weighted by Crippen LogP contribution is 2.15. The number of hydrogen-bond acceptors (Lipinski definition) is 3. The van der Waals surface area contributed by atoms with E-state index in [0.717, 1.165) is 36.8 Å². The Kier molecular flexibility index (Phi) is 9.75. The van der Waals surface area contributed by atoms with Crippen LogP contribution in [0.1, 0.15) is 25.8 Å². The normalized spacial score (nSPS) is 17.0. The summed E-state index contributed by atoms with van der Waals surface area (Å²) in [5, 5.41) is 6.65. The molecular weight excluding hydrogens is 443 g/mol. The summed E-state index contributed by atoms with van der Waals surface area (Å²) in [7, 11) is 1.75. The average Bonchev–Trinajstić information content (AvgIpc) is 3.06. The maximum absolute atomic E-state index is 12.1. The van der Waals surface area contributed by atoms with Crippen LogP contribution in [0.15, 0.2) is 29.3 Å². The highest BCUT2D eigenvalue weighted by atomic mass is 127. The molecule has 1 saturated heterocycles. The standard InChI is InChI=1S/C19H30N4O2.HI/c1-14(2)18(24)23-11-9-16(13-23)22-19(20-4)21-10-12-25-17-8-6-5-7-15(17)3;/h5-8,14,16H,9-13H2,1-4H3,(H2,20,21,22);1H. The number of carbonyl (C=O) groups is 1. The second kappa shape index (κ2) is 11.3. The summed E-state index contributed by atoms with van der Waals surface area (Å²) >= 11 is 0. The van der Waals surface area contributed by atoms with Crippen LogP contribution < -0.4 is 15.4 Å². The third-order valence-corrected chi connectivity index (χ3v) is 4.30. The minimum absolute atomic E-state index is 0. The molecule has 2 rings (SSSR count). The van der Waals surface area contributed by atoms with Crippen molar-refractivity contribution in [3.8, 4) is 5.75 Å². The first-order valence-electron chi connectivity index (χ1n) is 8.95. The predicted molar refractivity (Wildman–Crippen MR) is 116 cm³/mol. The molecule has 6 nitrogen and oxygen atoms in total. The first-order chi connectivity index (χ1) is 12.0. The minimum Gasteiger partial charge on any atom is -0.491 e. The van der Waals surface area contributed by atoms with Gasteiger partial charge in [-0.25, -0.2) is 0 Å². The van der Waals surface area contributed by atoms with Crippen LogP contribution in [0.2, 0.25) is 0 Å². The third-order valence-electron chi connectivity index (χ3n) is 4.30. The van der Waals surface area contributed by atoms with Crippen molar-refractivity contribution >= 4 is 35.8 Å². The van der Waals surface area contributed by atoms with Gasteiger partial charge in [0, 0.05) is 32.1 Å². The first-order valence-corrected chi connectivity index (χ1v) is 8.95. The van der Waals surface area contributed by atoms with E-state index in [1.54, 1.807) is 7.05 Å². The van der Waals surface area contributed by atoms with E-state index >= 15 is 0 Å². The number of nitrogens with one attached hydrogen (secondary N) is 2. The molecule has 0 bridgehead atoms. The Balaban J connectivity index is 0.00000338. The number of rotatable bonds is 6. The highest BCUT2D eigenvalue weighted by molar-refractivity contribution is 14.0. The Morgan fingerprint density at radius 2 is 2.12 bits per heavy atom. The zero-order chi connectivity index (χ0) is 18.2. The fourth-order valence-electron chi connectivity index (χ4n) is 2.88. The molecule has 1 heterocycles. The Bertz CT molecular complexity index is 607. The van der Waals surface area contributed by atoms with E-state index in [2.05, 4.69) is 15.6 Å². The van der Waals surface area contributed by atoms with Crippen molar-refractivity contribution in [2.45, 2.75) is 33.2 Å². The van der Waals surface area contributed by atoms with Gasteiger partial charge in [0.1, 0.15) is 12.4 Å². The van der Waals surface area contributed by atoms with Gasteiger partial charge in [-0.3, -0.25) is 9.79 Å². The van der Waals surface area contributed by atoms with Crippen LogP contribution in [-0.4, -0.2) is 56.1 Å². The molecule has 7 heteroatoms. The Morgan fingerprint density at radius 1 is 1.38 bits per heavy atom. The number of benzene rings is 1. The first kappa shape index (κ1) is 22.5. The number of likely N-dealkylation sites (tertiary alicyclic amines) is 1. The molecular formula is C19H31IN4O2. The van der Waals surface area contributed by atoms with Crippen LogP contribution in [0.5, 0.6) is 5.75 Å². The lowest BCUT2D eigenvalue weighted by Gasteiger charge is -2.20. The molecule has 0 aromatic heterocycles. The van der Waals surface area contributed by atoms with E-state index in [9.17, 15) is 4.79 Å². The maximum Gasteiger partial charge on any atom is 0.225 e. The predicted octanol–water partition coefficient (Wildman–Crippen LogP) is 2.41. The van der Waals surface area contributed by atoms with Crippen LogP contribution in [0.3, 0.4) is 0 Å². The van der Waals surface area contributed by atoms with E-state index in [0.29, 0.717) is 13.2 Å². The fraction of sp³-hybridized carbons (Fsp3) is 0.579. The molecule has 1 aromatic rings. The van der Waals surface area contributed by atoms with Gasteiger partial charge in [-0.15, -0.1) is 24.0 Å². The number of amides is 1. The highest BCUT2D eigenvalue weighted by Gasteiger charge is 2.27. The summed E-state index contributed by atoms with van der Waals surface area (Å²) in [5.41, 5.74) is 1.13. The van der Waals surface area contributed by atoms with Gasteiger partial charge in [-0.05, 0) is 25.0 Å². The topological polar surface area (TPSA) is 66.0 Å². The molecule has 0 saturated carbocycles. The summed E-state index contributed by atoms with van der Waals surface area (Å²) in [6, 6.07) is 8.22. The number of ether oxygens (including phenoxy) is 1. The minimum atomic E-state index is 0. The van der Waals surface area contributed by atoms with Crippen molar-refractivity contribution in [3.05, 3.63) is 29.8 Å². The van der Waals surface area contributed by atoms with Crippen molar-refractivity contribution < 1.29 is 9.53 Å². The van der Waals surface area contributed by atoms with Gasteiger partial charge in [0.15, 0.2) is 5.96 Å². The van der Waals surface area contributed by atoms with Crippen LogP contribution in [0.4, 0.5) is 0 Å². The molecule has 0 aliphatic carbocycles. The van der Waals surface area contributed by atoms with Crippen molar-refractivity contribution in [2.24, 2.45) is 10.9 Å². The summed E-state index contributed by atoms with van der Waals surface area (Å²) in [4.78, 5) is 18.2. The van der Waals surface area contributed by atoms with Crippen LogP contribution in [-0.2, 0) is 4.79 Å². The van der Waals surface area contributed by atoms with E-state index in [4.69, 9.17) is 4.74 Å². The SMILES string of the molecule is CN=C(NCCOc1ccccc1C)NC1CCN(C(=O)C(C)C)C1.I. The zero-order valence-corrected chi connectivity index (χ0v) is 18.4. The molecule has 0 radical (unpaired) electrons. The molecule has 1 aliphatic rings. The van der Waals surface area contributed by atoms with Crippen molar-refractivity contribution in [1.82, 2.24) is 15.5 Å². The zero-order valence-electron chi connectivity index (χ0n) is 16.1. The van der Waals surface area contributed by atoms with Crippen LogP contribution in [0.25, 0.3) is 0 Å². The number of para-hydroxylation sites is 1. The lowest BCUT2D eigenvalue weighted by Crippen LogP contribution is -2.46. The number of aryl methyl sites for hydroxylation is 1. The smallest absolute Gasteiger partial charge is 0.225 e. The van der Waals surface area contributed by atoms with Crippen molar-refractivity contribution in [1.29, 1.82) is 0 Å². The Labute approximate surface area is 173 Å². The molecule has 1 fully saturated rings. The van der Waals surface area contributed by atoms with Gasteiger partial charge in [0.05, 0.1) is 6.54 Å². The Hall–Kier alpha value is -1.51. The van der Waals surface area contributed by atoms with Crippen molar-refractivity contribution in [2.75, 3.05) is 33.3 Å².